The number of benzene rings is 2. The third-order valence-electron chi connectivity index (χ3n) is 5.24. The van der Waals surface area contributed by atoms with Crippen molar-refractivity contribution in [3.63, 3.8) is 0 Å². The van der Waals surface area contributed by atoms with Gasteiger partial charge in [-0.2, -0.15) is 0 Å². The highest BCUT2D eigenvalue weighted by Crippen LogP contribution is 2.27. The molecular formula is C21H20N6O. The van der Waals surface area contributed by atoms with Crippen LogP contribution < -0.4 is 4.90 Å². The molecule has 1 amide bonds. The highest BCUT2D eigenvalue weighted by atomic mass is 16.2. The van der Waals surface area contributed by atoms with Crippen LogP contribution >= 0.6 is 0 Å². The monoisotopic (exact) mass is 372 g/mol. The van der Waals surface area contributed by atoms with Crippen molar-refractivity contribution in [3.8, 4) is 0 Å². The summed E-state index contributed by atoms with van der Waals surface area (Å²) < 4.78 is 3.73. The number of aryl methyl sites for hydroxylation is 1. The van der Waals surface area contributed by atoms with Crippen LogP contribution in [0.15, 0.2) is 54.7 Å². The van der Waals surface area contributed by atoms with E-state index < -0.39 is 0 Å². The SMILES string of the molecule is Cc1nc2ccccc2n1Cc1cn(CC(=O)N2CCc3ccccc32)nn1. The van der Waals surface area contributed by atoms with E-state index >= 15 is 0 Å². The van der Waals surface area contributed by atoms with Crippen LogP contribution in [0.3, 0.4) is 0 Å². The topological polar surface area (TPSA) is 68.8 Å². The number of imidazole rings is 1. The number of amides is 1. The maximum atomic E-state index is 12.8. The molecule has 140 valence electrons. The first-order valence-corrected chi connectivity index (χ1v) is 9.38. The Labute approximate surface area is 162 Å². The molecule has 2 aromatic heterocycles. The first-order chi connectivity index (χ1) is 13.7. The van der Waals surface area contributed by atoms with Crippen molar-refractivity contribution in [2.45, 2.75) is 26.4 Å². The van der Waals surface area contributed by atoms with Crippen molar-refractivity contribution in [3.05, 3.63) is 71.8 Å². The molecule has 0 aliphatic carbocycles. The molecule has 1 aliphatic heterocycles. The van der Waals surface area contributed by atoms with E-state index in [4.69, 9.17) is 0 Å². The molecule has 28 heavy (non-hydrogen) atoms. The summed E-state index contributed by atoms with van der Waals surface area (Å²) in [6.45, 7) is 3.47. The number of rotatable bonds is 4. The number of hydrogen-bond acceptors (Lipinski definition) is 4. The van der Waals surface area contributed by atoms with Gasteiger partial charge in [0.1, 0.15) is 18.1 Å². The van der Waals surface area contributed by atoms with E-state index in [0.29, 0.717) is 6.54 Å². The number of carbonyl (C=O) groups excluding carboxylic acids is 1. The van der Waals surface area contributed by atoms with Crippen molar-refractivity contribution in [1.82, 2.24) is 24.5 Å². The maximum absolute atomic E-state index is 12.8. The molecule has 3 heterocycles. The lowest BCUT2D eigenvalue weighted by Crippen LogP contribution is -2.32. The molecule has 0 saturated heterocycles. The van der Waals surface area contributed by atoms with Gasteiger partial charge in [0.25, 0.3) is 0 Å². The Balaban J connectivity index is 1.33. The molecule has 0 N–H and O–H groups in total. The normalized spacial score (nSPS) is 13.2. The number of para-hydroxylation sites is 3. The minimum Gasteiger partial charge on any atom is -0.322 e. The number of fused-ring (bicyclic) bond motifs is 2. The van der Waals surface area contributed by atoms with Crippen molar-refractivity contribution < 1.29 is 4.79 Å². The highest BCUT2D eigenvalue weighted by Gasteiger charge is 2.24. The van der Waals surface area contributed by atoms with Crippen LogP contribution in [-0.2, 0) is 24.3 Å². The van der Waals surface area contributed by atoms with Crippen LogP contribution in [0.1, 0.15) is 17.1 Å². The Bertz CT molecular complexity index is 1170. The Hall–Kier alpha value is -3.48. The summed E-state index contributed by atoms with van der Waals surface area (Å²) >= 11 is 0. The molecule has 0 atom stereocenters. The van der Waals surface area contributed by atoms with Gasteiger partial charge in [-0.3, -0.25) is 4.79 Å². The van der Waals surface area contributed by atoms with Crippen LogP contribution in [0.4, 0.5) is 5.69 Å². The van der Waals surface area contributed by atoms with Gasteiger partial charge in [-0.15, -0.1) is 5.10 Å². The van der Waals surface area contributed by atoms with Crippen LogP contribution in [-0.4, -0.2) is 37.0 Å². The zero-order chi connectivity index (χ0) is 19.1. The summed E-state index contributed by atoms with van der Waals surface area (Å²) in [6.07, 6.45) is 2.74. The number of nitrogens with zero attached hydrogens (tertiary/aromatic N) is 6. The second-order valence-corrected chi connectivity index (χ2v) is 7.07. The smallest absolute Gasteiger partial charge is 0.248 e. The number of anilines is 1. The second-order valence-electron chi connectivity index (χ2n) is 7.07. The van der Waals surface area contributed by atoms with Gasteiger partial charge in [0, 0.05) is 12.2 Å². The van der Waals surface area contributed by atoms with E-state index in [1.54, 1.807) is 4.68 Å². The van der Waals surface area contributed by atoms with Gasteiger partial charge >= 0.3 is 0 Å². The van der Waals surface area contributed by atoms with E-state index in [1.165, 1.54) is 5.56 Å². The van der Waals surface area contributed by atoms with Gasteiger partial charge < -0.3 is 9.47 Å². The minimum atomic E-state index is 0.0330. The standard InChI is InChI=1S/C21H20N6O/c1-15-22-18-7-3-5-9-20(18)27(15)13-17-12-25(24-23-17)14-21(28)26-11-10-16-6-2-4-8-19(16)26/h2-9,12H,10-11,13-14H2,1H3. The molecule has 0 radical (unpaired) electrons. The summed E-state index contributed by atoms with van der Waals surface area (Å²) in [5.74, 6) is 0.964. The minimum absolute atomic E-state index is 0.0330. The third-order valence-corrected chi connectivity index (χ3v) is 5.24. The molecule has 5 rings (SSSR count). The van der Waals surface area contributed by atoms with E-state index in [-0.39, 0.29) is 12.5 Å². The molecule has 4 aromatic rings. The average molecular weight is 372 g/mol. The predicted molar refractivity (Wildman–Crippen MR) is 106 cm³/mol. The van der Waals surface area contributed by atoms with E-state index in [2.05, 4.69) is 25.9 Å². The molecule has 2 aromatic carbocycles. The fourth-order valence-electron chi connectivity index (χ4n) is 3.87. The van der Waals surface area contributed by atoms with Crippen molar-refractivity contribution >= 4 is 22.6 Å². The van der Waals surface area contributed by atoms with Gasteiger partial charge in [-0.05, 0) is 37.1 Å². The van der Waals surface area contributed by atoms with Gasteiger partial charge in [0.05, 0.1) is 23.8 Å². The van der Waals surface area contributed by atoms with Crippen LogP contribution in [0.5, 0.6) is 0 Å². The molecular weight excluding hydrogens is 352 g/mol. The van der Waals surface area contributed by atoms with E-state index in [1.807, 2.05) is 60.5 Å². The quantitative estimate of drug-likeness (QED) is 0.552. The Morgan fingerprint density at radius 2 is 1.93 bits per heavy atom. The molecule has 0 saturated carbocycles. The molecule has 7 nitrogen and oxygen atoms in total. The Morgan fingerprint density at radius 3 is 2.86 bits per heavy atom. The summed E-state index contributed by atoms with van der Waals surface area (Å²) in [5, 5.41) is 8.42. The van der Waals surface area contributed by atoms with E-state index in [0.717, 1.165) is 41.2 Å². The summed E-state index contributed by atoms with van der Waals surface area (Å²) in [5.41, 5.74) is 5.07. The predicted octanol–water partition coefficient (Wildman–Crippen LogP) is 2.57. The summed E-state index contributed by atoms with van der Waals surface area (Å²) in [4.78, 5) is 19.2. The maximum Gasteiger partial charge on any atom is 0.248 e. The largest absolute Gasteiger partial charge is 0.322 e. The number of hydrogen-bond donors (Lipinski definition) is 0. The van der Waals surface area contributed by atoms with Crippen LogP contribution in [0.2, 0.25) is 0 Å². The molecule has 0 bridgehead atoms. The van der Waals surface area contributed by atoms with Crippen LogP contribution in [0, 0.1) is 6.92 Å². The third kappa shape index (κ3) is 2.85. The zero-order valence-corrected chi connectivity index (χ0v) is 15.6. The van der Waals surface area contributed by atoms with Crippen molar-refractivity contribution in [2.75, 3.05) is 11.4 Å². The zero-order valence-electron chi connectivity index (χ0n) is 15.6. The van der Waals surface area contributed by atoms with Gasteiger partial charge in [-0.1, -0.05) is 35.5 Å². The van der Waals surface area contributed by atoms with Crippen LogP contribution in [0.25, 0.3) is 11.0 Å². The summed E-state index contributed by atoms with van der Waals surface area (Å²) in [7, 11) is 0. The lowest BCUT2D eigenvalue weighted by Gasteiger charge is -2.16. The first-order valence-electron chi connectivity index (χ1n) is 9.38. The number of aromatic nitrogens is 5. The fraction of sp³-hybridized carbons (Fsp3) is 0.238. The molecule has 1 aliphatic rings. The van der Waals surface area contributed by atoms with E-state index in [9.17, 15) is 4.79 Å². The van der Waals surface area contributed by atoms with Gasteiger partial charge in [0.2, 0.25) is 5.91 Å². The number of carbonyl (C=O) groups is 1. The van der Waals surface area contributed by atoms with Crippen molar-refractivity contribution in [2.24, 2.45) is 0 Å². The first kappa shape index (κ1) is 16.7. The Morgan fingerprint density at radius 1 is 1.11 bits per heavy atom. The molecule has 0 spiro atoms. The molecule has 0 fully saturated rings. The fourth-order valence-corrected chi connectivity index (χ4v) is 3.87. The Kier molecular flexibility index (Phi) is 3.93. The molecule has 7 heteroatoms. The highest BCUT2D eigenvalue weighted by molar-refractivity contribution is 5.95. The van der Waals surface area contributed by atoms with Gasteiger partial charge in [0.15, 0.2) is 0 Å². The lowest BCUT2D eigenvalue weighted by atomic mass is 10.2. The summed E-state index contributed by atoms with van der Waals surface area (Å²) in [6, 6.07) is 16.1. The average Bonchev–Trinajstić information content (AvgIpc) is 3.40. The van der Waals surface area contributed by atoms with Crippen molar-refractivity contribution in [1.29, 1.82) is 0 Å². The lowest BCUT2D eigenvalue weighted by molar-refractivity contribution is -0.119. The van der Waals surface area contributed by atoms with Gasteiger partial charge in [-0.25, -0.2) is 9.67 Å². The second kappa shape index (κ2) is 6.60. The molecule has 0 unspecified atom stereocenters.